The van der Waals surface area contributed by atoms with Gasteiger partial charge in [0.15, 0.2) is 5.75 Å². The van der Waals surface area contributed by atoms with Crippen molar-refractivity contribution in [3.63, 3.8) is 0 Å². The van der Waals surface area contributed by atoms with Crippen LogP contribution in [0.5, 0.6) is 5.75 Å². The summed E-state index contributed by atoms with van der Waals surface area (Å²) in [6.07, 6.45) is 0. The van der Waals surface area contributed by atoms with Gasteiger partial charge in [-0.25, -0.2) is 0 Å². The van der Waals surface area contributed by atoms with Crippen LogP contribution in [0, 0.1) is 0 Å². The molecule has 0 unspecified atom stereocenters. The van der Waals surface area contributed by atoms with Crippen molar-refractivity contribution in [2.75, 3.05) is 18.1 Å². The molecule has 0 spiro atoms. The van der Waals surface area contributed by atoms with E-state index in [1.165, 1.54) is 12.1 Å². The van der Waals surface area contributed by atoms with Crippen LogP contribution < -0.4 is 15.2 Å². The lowest BCUT2D eigenvalue weighted by atomic mass is 10.2. The molecule has 0 aliphatic carbocycles. The van der Waals surface area contributed by atoms with Crippen molar-refractivity contribution < 1.29 is 17.2 Å². The highest BCUT2D eigenvalue weighted by molar-refractivity contribution is 7.81. The maximum absolute atomic E-state index is 10.4. The Kier molecular flexibility index (Phi) is 2.82. The number of nitrogen functional groups attached to an aromatic ring is 1. The Morgan fingerprint density at radius 3 is 2.64 bits per heavy atom. The van der Waals surface area contributed by atoms with Gasteiger partial charge in [-0.15, -0.1) is 0 Å². The molecule has 1 aromatic carbocycles. The minimum Gasteiger partial charge on any atom is -0.396 e. The van der Waals surface area contributed by atoms with E-state index in [9.17, 15) is 8.42 Å². The van der Waals surface area contributed by atoms with Crippen LogP contribution in [0.3, 0.4) is 0 Å². The number of hydrogen-bond acceptors (Lipinski definition) is 5. The number of benzene rings is 1. The molecule has 0 aliphatic rings. The van der Waals surface area contributed by atoms with Crippen LogP contribution in [0.15, 0.2) is 18.2 Å². The van der Waals surface area contributed by atoms with Gasteiger partial charge in [-0.2, -0.15) is 8.42 Å². The monoisotopic (exact) mass is 218 g/mol. The zero-order chi connectivity index (χ0) is 10.8. The fourth-order valence-electron chi connectivity index (χ4n) is 0.875. The Hall–Kier alpha value is -1.47. The highest BCUT2D eigenvalue weighted by atomic mass is 32.3. The van der Waals surface area contributed by atoms with Gasteiger partial charge in [-0.1, -0.05) is 0 Å². The van der Waals surface area contributed by atoms with Crippen LogP contribution in [0.25, 0.3) is 0 Å². The van der Waals surface area contributed by atoms with E-state index in [1.54, 1.807) is 13.1 Å². The van der Waals surface area contributed by atoms with Crippen molar-refractivity contribution in [1.29, 1.82) is 0 Å². The van der Waals surface area contributed by atoms with E-state index in [4.69, 9.17) is 10.3 Å². The van der Waals surface area contributed by atoms with Crippen molar-refractivity contribution in [2.24, 2.45) is 0 Å². The van der Waals surface area contributed by atoms with E-state index in [1.807, 2.05) is 0 Å². The fraction of sp³-hybridized carbons (Fsp3) is 0.143. The van der Waals surface area contributed by atoms with Gasteiger partial charge in [0.1, 0.15) is 0 Å². The van der Waals surface area contributed by atoms with Crippen molar-refractivity contribution in [1.82, 2.24) is 0 Å². The second-order valence-corrected chi connectivity index (χ2v) is 3.54. The zero-order valence-corrected chi connectivity index (χ0v) is 8.21. The lowest BCUT2D eigenvalue weighted by Gasteiger charge is -2.07. The Balaban J connectivity index is 3.07. The SMILES string of the molecule is CNc1ccc(N)c(OS(=O)(=O)O)c1. The molecule has 4 N–H and O–H groups in total. The smallest absolute Gasteiger partial charge is 0.396 e. The summed E-state index contributed by atoms with van der Waals surface area (Å²) >= 11 is 0. The lowest BCUT2D eigenvalue weighted by Crippen LogP contribution is -2.08. The lowest BCUT2D eigenvalue weighted by molar-refractivity contribution is 0.387. The van der Waals surface area contributed by atoms with Crippen LogP contribution >= 0.6 is 0 Å². The first-order valence-electron chi connectivity index (χ1n) is 3.66. The molecule has 0 atom stereocenters. The Labute approximate surface area is 81.6 Å². The first kappa shape index (κ1) is 10.6. The molecule has 14 heavy (non-hydrogen) atoms. The molecule has 7 heteroatoms. The van der Waals surface area contributed by atoms with Crippen LogP contribution in [0.4, 0.5) is 11.4 Å². The molecular formula is C7H10N2O4S. The highest BCUT2D eigenvalue weighted by Gasteiger charge is 2.10. The fourth-order valence-corrected chi connectivity index (χ4v) is 1.25. The summed E-state index contributed by atoms with van der Waals surface area (Å²) in [4.78, 5) is 0. The molecular weight excluding hydrogens is 208 g/mol. The molecule has 0 fully saturated rings. The molecule has 0 saturated carbocycles. The maximum atomic E-state index is 10.4. The largest absolute Gasteiger partial charge is 0.446 e. The minimum absolute atomic E-state index is 0.112. The Bertz CT molecular complexity index is 429. The van der Waals surface area contributed by atoms with Crippen LogP contribution in [-0.2, 0) is 10.4 Å². The van der Waals surface area contributed by atoms with E-state index in [0.29, 0.717) is 5.69 Å². The van der Waals surface area contributed by atoms with E-state index in [-0.39, 0.29) is 11.4 Å². The standard InChI is InChI=1S/C7H10N2O4S/c1-9-5-2-3-6(8)7(4-5)13-14(10,11)12/h2-4,9H,8H2,1H3,(H,10,11,12). The quantitative estimate of drug-likeness (QED) is 0.504. The third-order valence-corrected chi connectivity index (χ3v) is 1.89. The molecule has 0 bridgehead atoms. The third-order valence-electron chi connectivity index (χ3n) is 1.50. The molecule has 0 heterocycles. The van der Waals surface area contributed by atoms with E-state index in [0.717, 1.165) is 0 Å². The van der Waals surface area contributed by atoms with Crippen LogP contribution in [0.1, 0.15) is 0 Å². The summed E-state index contributed by atoms with van der Waals surface area (Å²) in [5, 5.41) is 2.77. The molecule has 0 saturated heterocycles. The average Bonchev–Trinajstić information content (AvgIpc) is 2.06. The predicted octanol–water partition coefficient (Wildman–Crippen LogP) is 0.492. The number of rotatable bonds is 3. The van der Waals surface area contributed by atoms with E-state index >= 15 is 0 Å². The number of anilines is 2. The summed E-state index contributed by atoms with van der Waals surface area (Å²) < 4.78 is 33.5. The minimum atomic E-state index is -4.53. The number of nitrogens with two attached hydrogens (primary N) is 1. The third kappa shape index (κ3) is 2.79. The summed E-state index contributed by atoms with van der Waals surface area (Å²) in [5.74, 6) is -0.112. The zero-order valence-electron chi connectivity index (χ0n) is 7.39. The van der Waals surface area contributed by atoms with Gasteiger partial charge in [0.05, 0.1) is 5.69 Å². The molecule has 1 rings (SSSR count). The van der Waals surface area contributed by atoms with Gasteiger partial charge >= 0.3 is 10.4 Å². The first-order chi connectivity index (χ1) is 6.42. The van der Waals surface area contributed by atoms with E-state index in [2.05, 4.69) is 9.50 Å². The maximum Gasteiger partial charge on any atom is 0.446 e. The first-order valence-corrected chi connectivity index (χ1v) is 5.03. The summed E-state index contributed by atoms with van der Waals surface area (Å²) in [6.45, 7) is 0. The summed E-state index contributed by atoms with van der Waals surface area (Å²) in [7, 11) is -2.88. The molecule has 6 nitrogen and oxygen atoms in total. The topological polar surface area (TPSA) is 102 Å². The van der Waals surface area contributed by atoms with Crippen LogP contribution in [0.2, 0.25) is 0 Å². The summed E-state index contributed by atoms with van der Waals surface area (Å²) in [6, 6.07) is 4.47. The van der Waals surface area contributed by atoms with Crippen molar-refractivity contribution >= 4 is 21.8 Å². The van der Waals surface area contributed by atoms with Gasteiger partial charge in [-0.3, -0.25) is 4.55 Å². The normalized spacial score (nSPS) is 11.0. The average molecular weight is 218 g/mol. The van der Waals surface area contributed by atoms with Gasteiger partial charge in [0.2, 0.25) is 0 Å². The molecule has 0 radical (unpaired) electrons. The van der Waals surface area contributed by atoms with Crippen molar-refractivity contribution in [2.45, 2.75) is 0 Å². The van der Waals surface area contributed by atoms with Crippen molar-refractivity contribution in [3.8, 4) is 5.75 Å². The van der Waals surface area contributed by atoms with Crippen LogP contribution in [-0.4, -0.2) is 20.0 Å². The molecule has 0 amide bonds. The van der Waals surface area contributed by atoms with Gasteiger partial charge < -0.3 is 15.2 Å². The molecule has 78 valence electrons. The second-order valence-electron chi connectivity index (χ2n) is 2.51. The number of hydrogen-bond donors (Lipinski definition) is 3. The van der Waals surface area contributed by atoms with Crippen molar-refractivity contribution in [3.05, 3.63) is 18.2 Å². The predicted molar refractivity (Wildman–Crippen MR) is 52.6 cm³/mol. The highest BCUT2D eigenvalue weighted by Crippen LogP contribution is 2.26. The number of nitrogens with one attached hydrogen (secondary N) is 1. The van der Waals surface area contributed by atoms with Gasteiger partial charge in [0.25, 0.3) is 0 Å². The van der Waals surface area contributed by atoms with E-state index < -0.39 is 10.4 Å². The summed E-state index contributed by atoms with van der Waals surface area (Å²) in [5.41, 5.74) is 6.17. The van der Waals surface area contributed by atoms with Gasteiger partial charge in [0, 0.05) is 18.8 Å². The molecule has 1 aromatic rings. The Morgan fingerprint density at radius 2 is 2.14 bits per heavy atom. The molecule has 0 aromatic heterocycles. The second kappa shape index (κ2) is 3.72. The molecule has 0 aliphatic heterocycles. The van der Waals surface area contributed by atoms with Gasteiger partial charge in [-0.05, 0) is 12.1 Å². The Morgan fingerprint density at radius 1 is 1.50 bits per heavy atom.